The third-order valence-electron chi connectivity index (χ3n) is 4.14. The van der Waals surface area contributed by atoms with Crippen LogP contribution in [0.2, 0.25) is 0 Å². The highest BCUT2D eigenvalue weighted by Crippen LogP contribution is 2.29. The molecule has 0 N–H and O–H groups in total. The maximum absolute atomic E-state index is 13.2. The van der Waals surface area contributed by atoms with E-state index < -0.39 is 11.0 Å². The molecule has 0 aromatic heterocycles. The Morgan fingerprint density at radius 1 is 1.27 bits per heavy atom. The highest BCUT2D eigenvalue weighted by molar-refractivity contribution is 7.82. The van der Waals surface area contributed by atoms with E-state index in [1.54, 1.807) is 7.11 Å². The van der Waals surface area contributed by atoms with Gasteiger partial charge in [-0.25, -0.2) is 8.51 Å². The third-order valence-corrected chi connectivity index (χ3v) is 6.04. The summed E-state index contributed by atoms with van der Waals surface area (Å²) in [5, 5.41) is 0. The number of nitrogens with zero attached hydrogens (tertiary/aromatic N) is 1. The molecule has 22 heavy (non-hydrogen) atoms. The average Bonchev–Trinajstić information content (AvgIpc) is 2.52. The molecular formula is C17H27NO3S. The highest BCUT2D eigenvalue weighted by Gasteiger charge is 2.29. The lowest BCUT2D eigenvalue weighted by atomic mass is 10.1. The van der Waals surface area contributed by atoms with Gasteiger partial charge in [-0.05, 0) is 56.9 Å². The van der Waals surface area contributed by atoms with E-state index in [0.29, 0.717) is 13.2 Å². The number of ether oxygens (including phenoxy) is 2. The van der Waals surface area contributed by atoms with Crippen LogP contribution < -0.4 is 4.74 Å². The molecule has 2 atom stereocenters. The molecule has 2 rings (SSSR count). The van der Waals surface area contributed by atoms with Gasteiger partial charge in [-0.2, -0.15) is 0 Å². The molecule has 0 saturated carbocycles. The normalized spacial score (nSPS) is 20.8. The Morgan fingerprint density at radius 3 is 2.55 bits per heavy atom. The molecule has 5 heteroatoms. The fourth-order valence-corrected chi connectivity index (χ4v) is 4.67. The van der Waals surface area contributed by atoms with E-state index >= 15 is 0 Å². The summed E-state index contributed by atoms with van der Waals surface area (Å²) in [5.41, 5.74) is 2.05. The monoisotopic (exact) mass is 325 g/mol. The second-order valence-electron chi connectivity index (χ2n) is 5.79. The summed E-state index contributed by atoms with van der Waals surface area (Å²) in [6.45, 7) is 8.25. The van der Waals surface area contributed by atoms with Gasteiger partial charge in [-0.1, -0.05) is 6.42 Å². The van der Waals surface area contributed by atoms with Crippen LogP contribution >= 0.6 is 0 Å². The summed E-state index contributed by atoms with van der Waals surface area (Å²) in [6, 6.07) is 4.17. The molecule has 0 bridgehead atoms. The first-order chi connectivity index (χ1) is 10.6. The maximum atomic E-state index is 13.2. The van der Waals surface area contributed by atoms with Crippen LogP contribution in [-0.4, -0.2) is 41.4 Å². The van der Waals surface area contributed by atoms with Crippen molar-refractivity contribution < 1.29 is 13.7 Å². The molecule has 1 saturated heterocycles. The van der Waals surface area contributed by atoms with Crippen molar-refractivity contribution in [3.8, 4) is 5.75 Å². The Hall–Kier alpha value is -0.910. The molecule has 1 aliphatic heterocycles. The van der Waals surface area contributed by atoms with Gasteiger partial charge in [0.15, 0.2) is 0 Å². The van der Waals surface area contributed by atoms with Crippen molar-refractivity contribution in [2.24, 2.45) is 0 Å². The van der Waals surface area contributed by atoms with Crippen LogP contribution in [0, 0.1) is 13.8 Å². The SMILES string of the molecule is CCOCC1CCCCN1S(=O)c1c(C)cc(OC)cc1C. The minimum absolute atomic E-state index is 0.246. The molecule has 0 amide bonds. The standard InChI is InChI=1S/C17H27NO3S/c1-5-21-12-15-8-6-7-9-18(15)22(19)17-13(2)10-16(20-4)11-14(17)3/h10-11,15H,5-9,12H2,1-4H3. The molecule has 2 unspecified atom stereocenters. The van der Waals surface area contributed by atoms with Crippen molar-refractivity contribution in [2.45, 2.75) is 51.0 Å². The second kappa shape index (κ2) is 8.09. The smallest absolute Gasteiger partial charge is 0.128 e. The lowest BCUT2D eigenvalue weighted by molar-refractivity contribution is 0.0847. The predicted molar refractivity (Wildman–Crippen MR) is 89.7 cm³/mol. The molecule has 124 valence electrons. The maximum Gasteiger partial charge on any atom is 0.128 e. The van der Waals surface area contributed by atoms with Gasteiger partial charge in [-0.15, -0.1) is 0 Å². The summed E-state index contributed by atoms with van der Waals surface area (Å²) in [6.07, 6.45) is 3.34. The van der Waals surface area contributed by atoms with E-state index in [4.69, 9.17) is 9.47 Å². The number of piperidine rings is 1. The van der Waals surface area contributed by atoms with Crippen LogP contribution in [-0.2, 0) is 15.7 Å². The van der Waals surface area contributed by atoms with Gasteiger partial charge in [0.1, 0.15) is 16.7 Å². The summed E-state index contributed by atoms with van der Waals surface area (Å²) in [4.78, 5) is 0.921. The largest absolute Gasteiger partial charge is 0.497 e. The minimum Gasteiger partial charge on any atom is -0.497 e. The Morgan fingerprint density at radius 2 is 1.95 bits per heavy atom. The first-order valence-electron chi connectivity index (χ1n) is 8.00. The number of hydrogen-bond donors (Lipinski definition) is 0. The lowest BCUT2D eigenvalue weighted by Gasteiger charge is -2.34. The highest BCUT2D eigenvalue weighted by atomic mass is 32.2. The average molecular weight is 325 g/mol. The zero-order valence-corrected chi connectivity index (χ0v) is 14.9. The second-order valence-corrected chi connectivity index (χ2v) is 7.16. The van der Waals surface area contributed by atoms with Crippen molar-refractivity contribution in [2.75, 3.05) is 26.9 Å². The van der Waals surface area contributed by atoms with Crippen molar-refractivity contribution in [3.63, 3.8) is 0 Å². The van der Waals surface area contributed by atoms with Gasteiger partial charge in [0, 0.05) is 19.2 Å². The molecule has 1 aromatic carbocycles. The molecule has 4 nitrogen and oxygen atoms in total. The zero-order chi connectivity index (χ0) is 16.1. The zero-order valence-electron chi connectivity index (χ0n) is 14.1. The van der Waals surface area contributed by atoms with Gasteiger partial charge in [0.25, 0.3) is 0 Å². The van der Waals surface area contributed by atoms with Gasteiger partial charge >= 0.3 is 0 Å². The number of hydrogen-bond acceptors (Lipinski definition) is 3. The molecule has 0 radical (unpaired) electrons. The van der Waals surface area contributed by atoms with Crippen molar-refractivity contribution in [1.82, 2.24) is 4.31 Å². The topological polar surface area (TPSA) is 38.8 Å². The van der Waals surface area contributed by atoms with E-state index in [9.17, 15) is 4.21 Å². The van der Waals surface area contributed by atoms with Crippen LogP contribution in [0.4, 0.5) is 0 Å². The van der Waals surface area contributed by atoms with Crippen molar-refractivity contribution in [1.29, 1.82) is 0 Å². The number of methoxy groups -OCH3 is 1. The fraction of sp³-hybridized carbons (Fsp3) is 0.647. The van der Waals surface area contributed by atoms with Crippen LogP contribution in [0.1, 0.15) is 37.3 Å². The van der Waals surface area contributed by atoms with E-state index in [1.807, 2.05) is 32.9 Å². The Balaban J connectivity index is 2.25. The quantitative estimate of drug-likeness (QED) is 0.806. The van der Waals surface area contributed by atoms with Crippen LogP contribution in [0.5, 0.6) is 5.75 Å². The molecular weight excluding hydrogens is 298 g/mol. The molecule has 1 aliphatic rings. The summed E-state index contributed by atoms with van der Waals surface area (Å²) >= 11 is 0. The number of benzene rings is 1. The van der Waals surface area contributed by atoms with Crippen molar-refractivity contribution in [3.05, 3.63) is 23.3 Å². The first-order valence-corrected chi connectivity index (χ1v) is 9.10. The van der Waals surface area contributed by atoms with E-state index in [2.05, 4.69) is 4.31 Å². The van der Waals surface area contributed by atoms with Crippen molar-refractivity contribution >= 4 is 11.0 Å². The Kier molecular flexibility index (Phi) is 6.41. The van der Waals surface area contributed by atoms with E-state index in [0.717, 1.165) is 41.2 Å². The third kappa shape index (κ3) is 3.89. The molecule has 1 heterocycles. The number of rotatable bonds is 6. The van der Waals surface area contributed by atoms with Crippen LogP contribution in [0.3, 0.4) is 0 Å². The van der Waals surface area contributed by atoms with Crippen LogP contribution in [0.15, 0.2) is 17.0 Å². The number of aryl methyl sites for hydroxylation is 2. The fourth-order valence-electron chi connectivity index (χ4n) is 3.03. The van der Waals surface area contributed by atoms with Gasteiger partial charge in [0.2, 0.25) is 0 Å². The van der Waals surface area contributed by atoms with E-state index in [-0.39, 0.29) is 6.04 Å². The van der Waals surface area contributed by atoms with Gasteiger partial charge in [0.05, 0.1) is 18.6 Å². The lowest BCUT2D eigenvalue weighted by Crippen LogP contribution is -2.43. The summed E-state index contributed by atoms with van der Waals surface area (Å²) in [7, 11) is 0.521. The molecule has 1 fully saturated rings. The molecule has 1 aromatic rings. The van der Waals surface area contributed by atoms with E-state index in [1.165, 1.54) is 6.42 Å². The Labute approximate surface area is 136 Å². The molecule has 0 aliphatic carbocycles. The Bertz CT molecular complexity index is 510. The first kappa shape index (κ1) is 17.4. The van der Waals surface area contributed by atoms with Crippen LogP contribution in [0.25, 0.3) is 0 Å². The van der Waals surface area contributed by atoms with Gasteiger partial charge in [-0.3, -0.25) is 0 Å². The van der Waals surface area contributed by atoms with Gasteiger partial charge < -0.3 is 9.47 Å². The summed E-state index contributed by atoms with van der Waals surface area (Å²) < 4.78 is 26.2. The predicted octanol–water partition coefficient (Wildman–Crippen LogP) is 3.23. The summed E-state index contributed by atoms with van der Waals surface area (Å²) in [5.74, 6) is 0.820. The minimum atomic E-state index is -1.14. The molecule has 0 spiro atoms.